The van der Waals surface area contributed by atoms with Gasteiger partial charge in [0.15, 0.2) is 4.60 Å². The summed E-state index contributed by atoms with van der Waals surface area (Å²) in [7, 11) is 1.72. The Hall–Kier alpha value is -0.620. The maximum absolute atomic E-state index is 10.2. The summed E-state index contributed by atoms with van der Waals surface area (Å²) in [5.41, 5.74) is 1.43. The Labute approximate surface area is 123 Å². The van der Waals surface area contributed by atoms with Crippen molar-refractivity contribution in [3.05, 3.63) is 44.1 Å². The minimum Gasteiger partial charge on any atom is -0.386 e. The van der Waals surface area contributed by atoms with Crippen LogP contribution in [0.3, 0.4) is 0 Å². The molecule has 0 fully saturated rings. The number of rotatable bonds is 3. The van der Waals surface area contributed by atoms with Gasteiger partial charge in [-0.05, 0) is 33.6 Å². The first-order valence-electron chi connectivity index (χ1n) is 5.16. The Morgan fingerprint density at radius 3 is 2.72 bits per heavy atom. The Kier molecular flexibility index (Phi) is 4.27. The highest BCUT2D eigenvalue weighted by atomic mass is 79.9. The maximum atomic E-state index is 10.2. The highest BCUT2D eigenvalue weighted by molar-refractivity contribution is 9.10. The molecule has 0 spiro atoms. The molecule has 1 unspecified atom stereocenters. The lowest BCUT2D eigenvalue weighted by Gasteiger charge is -2.12. The Bertz CT molecular complexity index is 554. The molecule has 2 rings (SSSR count). The number of aromatic nitrogens is 3. The van der Waals surface area contributed by atoms with Gasteiger partial charge >= 0.3 is 0 Å². The SMILES string of the molecule is Cn1nnc(Br)c1C(O)Cc1ccc(Cl)cc1Cl. The zero-order valence-electron chi connectivity index (χ0n) is 9.44. The number of hydrogen-bond donors (Lipinski definition) is 1. The summed E-state index contributed by atoms with van der Waals surface area (Å²) < 4.78 is 2.06. The summed E-state index contributed by atoms with van der Waals surface area (Å²) >= 11 is 15.1. The monoisotopic (exact) mass is 349 g/mol. The molecule has 4 nitrogen and oxygen atoms in total. The van der Waals surface area contributed by atoms with Crippen LogP contribution in [0.5, 0.6) is 0 Å². The van der Waals surface area contributed by atoms with Crippen LogP contribution >= 0.6 is 39.1 Å². The normalized spacial score (nSPS) is 12.7. The fourth-order valence-electron chi connectivity index (χ4n) is 1.68. The number of hydrogen-bond acceptors (Lipinski definition) is 3. The summed E-state index contributed by atoms with van der Waals surface area (Å²) in [5, 5.41) is 19.0. The van der Waals surface area contributed by atoms with E-state index in [9.17, 15) is 5.11 Å². The number of aliphatic hydroxyl groups is 1. The number of aliphatic hydroxyl groups excluding tert-OH is 1. The van der Waals surface area contributed by atoms with Gasteiger partial charge in [-0.1, -0.05) is 34.5 Å². The maximum Gasteiger partial charge on any atom is 0.154 e. The van der Waals surface area contributed by atoms with Crippen LogP contribution in [0.2, 0.25) is 10.0 Å². The zero-order chi connectivity index (χ0) is 13.3. The molecule has 1 heterocycles. The molecule has 0 amide bonds. The highest BCUT2D eigenvalue weighted by Crippen LogP contribution is 2.28. The third-order valence-corrected chi connectivity index (χ3v) is 3.72. The lowest BCUT2D eigenvalue weighted by Crippen LogP contribution is -2.09. The van der Waals surface area contributed by atoms with Gasteiger partial charge in [0, 0.05) is 23.5 Å². The summed E-state index contributed by atoms with van der Waals surface area (Å²) in [5.74, 6) is 0. The van der Waals surface area contributed by atoms with Gasteiger partial charge in [0.05, 0.1) is 0 Å². The lowest BCUT2D eigenvalue weighted by atomic mass is 10.1. The van der Waals surface area contributed by atoms with Gasteiger partial charge in [-0.25, -0.2) is 4.68 Å². The minimum atomic E-state index is -0.738. The average molecular weight is 351 g/mol. The molecule has 1 atom stereocenters. The van der Waals surface area contributed by atoms with E-state index in [2.05, 4.69) is 26.2 Å². The average Bonchev–Trinajstić information content (AvgIpc) is 2.62. The van der Waals surface area contributed by atoms with Crippen LogP contribution in [0.4, 0.5) is 0 Å². The van der Waals surface area contributed by atoms with Crippen LogP contribution in [-0.2, 0) is 13.5 Å². The van der Waals surface area contributed by atoms with E-state index < -0.39 is 6.10 Å². The van der Waals surface area contributed by atoms with Crippen LogP contribution < -0.4 is 0 Å². The minimum absolute atomic E-state index is 0.371. The second-order valence-corrected chi connectivity index (χ2v) is 5.44. The molecular formula is C11H10BrCl2N3O. The third kappa shape index (κ3) is 2.85. The fourth-order valence-corrected chi connectivity index (χ4v) is 2.76. The summed E-state index contributed by atoms with van der Waals surface area (Å²) in [4.78, 5) is 0. The Morgan fingerprint density at radius 1 is 1.44 bits per heavy atom. The predicted octanol–water partition coefficient (Wildman–Crippen LogP) is 3.16. The highest BCUT2D eigenvalue weighted by Gasteiger charge is 2.19. The molecule has 0 bridgehead atoms. The Morgan fingerprint density at radius 2 is 2.17 bits per heavy atom. The molecule has 0 saturated carbocycles. The molecule has 0 aliphatic heterocycles. The predicted molar refractivity (Wildman–Crippen MR) is 73.8 cm³/mol. The second-order valence-electron chi connectivity index (χ2n) is 3.84. The number of halogens is 3. The molecule has 1 aromatic carbocycles. The zero-order valence-corrected chi connectivity index (χ0v) is 12.5. The first kappa shape index (κ1) is 13.8. The topological polar surface area (TPSA) is 50.9 Å². The van der Waals surface area contributed by atoms with E-state index in [4.69, 9.17) is 23.2 Å². The van der Waals surface area contributed by atoms with Crippen molar-refractivity contribution in [1.82, 2.24) is 15.0 Å². The first-order chi connectivity index (χ1) is 8.49. The fraction of sp³-hybridized carbons (Fsp3) is 0.273. The quantitative estimate of drug-likeness (QED) is 0.924. The van der Waals surface area contributed by atoms with Gasteiger partial charge in [-0.3, -0.25) is 0 Å². The molecule has 0 aliphatic rings. The van der Waals surface area contributed by atoms with Crippen LogP contribution in [0.1, 0.15) is 17.4 Å². The van der Waals surface area contributed by atoms with E-state index >= 15 is 0 Å². The molecular weight excluding hydrogens is 341 g/mol. The Balaban J connectivity index is 2.24. The third-order valence-electron chi connectivity index (χ3n) is 2.57. The summed E-state index contributed by atoms with van der Waals surface area (Å²) in [6, 6.07) is 5.19. The lowest BCUT2D eigenvalue weighted by molar-refractivity contribution is 0.168. The molecule has 96 valence electrons. The molecule has 18 heavy (non-hydrogen) atoms. The molecule has 1 N–H and O–H groups in total. The van der Waals surface area contributed by atoms with Crippen molar-refractivity contribution >= 4 is 39.1 Å². The molecule has 0 radical (unpaired) electrons. The smallest absolute Gasteiger partial charge is 0.154 e. The van der Waals surface area contributed by atoms with Crippen molar-refractivity contribution < 1.29 is 5.11 Å². The number of nitrogens with zero attached hydrogens (tertiary/aromatic N) is 3. The van der Waals surface area contributed by atoms with E-state index in [1.807, 2.05) is 0 Å². The van der Waals surface area contributed by atoms with Crippen LogP contribution in [-0.4, -0.2) is 20.1 Å². The van der Waals surface area contributed by atoms with Gasteiger partial charge in [0.1, 0.15) is 11.8 Å². The van der Waals surface area contributed by atoms with Gasteiger partial charge in [0.25, 0.3) is 0 Å². The summed E-state index contributed by atoms with van der Waals surface area (Å²) in [6.45, 7) is 0. The number of benzene rings is 1. The van der Waals surface area contributed by atoms with E-state index in [0.29, 0.717) is 26.8 Å². The van der Waals surface area contributed by atoms with Crippen LogP contribution in [0.15, 0.2) is 22.8 Å². The second kappa shape index (κ2) is 5.57. The van der Waals surface area contributed by atoms with Crippen molar-refractivity contribution in [2.75, 3.05) is 0 Å². The van der Waals surface area contributed by atoms with E-state index in [0.717, 1.165) is 5.56 Å². The van der Waals surface area contributed by atoms with Crippen molar-refractivity contribution in [1.29, 1.82) is 0 Å². The molecule has 1 aromatic heterocycles. The van der Waals surface area contributed by atoms with E-state index in [1.165, 1.54) is 4.68 Å². The molecule has 0 saturated heterocycles. The summed E-state index contributed by atoms with van der Waals surface area (Å²) in [6.07, 6.45) is -0.367. The largest absolute Gasteiger partial charge is 0.386 e. The number of aryl methyl sites for hydroxylation is 1. The molecule has 7 heteroatoms. The van der Waals surface area contributed by atoms with E-state index in [1.54, 1.807) is 25.2 Å². The van der Waals surface area contributed by atoms with Gasteiger partial charge in [-0.2, -0.15) is 0 Å². The van der Waals surface area contributed by atoms with Crippen molar-refractivity contribution in [3.8, 4) is 0 Å². The van der Waals surface area contributed by atoms with Crippen molar-refractivity contribution in [3.63, 3.8) is 0 Å². The molecule has 2 aromatic rings. The van der Waals surface area contributed by atoms with Gasteiger partial charge in [-0.15, -0.1) is 5.10 Å². The van der Waals surface area contributed by atoms with Crippen molar-refractivity contribution in [2.24, 2.45) is 7.05 Å². The first-order valence-corrected chi connectivity index (χ1v) is 6.71. The molecule has 0 aliphatic carbocycles. The van der Waals surface area contributed by atoms with Crippen LogP contribution in [0.25, 0.3) is 0 Å². The standard InChI is InChI=1S/C11H10BrCl2N3O/c1-17-10(11(12)15-16-17)9(18)4-6-2-3-7(13)5-8(6)14/h2-3,5,9,18H,4H2,1H3. The van der Waals surface area contributed by atoms with Gasteiger partial charge < -0.3 is 5.11 Å². The van der Waals surface area contributed by atoms with E-state index in [-0.39, 0.29) is 0 Å². The van der Waals surface area contributed by atoms with Gasteiger partial charge in [0.2, 0.25) is 0 Å². The van der Waals surface area contributed by atoms with Crippen molar-refractivity contribution in [2.45, 2.75) is 12.5 Å². The van der Waals surface area contributed by atoms with Crippen LogP contribution in [0, 0.1) is 0 Å².